The summed E-state index contributed by atoms with van der Waals surface area (Å²) in [5, 5.41) is 23.7. The number of halogens is 4. The average molecular weight is 637 g/mol. The van der Waals surface area contributed by atoms with Gasteiger partial charge in [-0.05, 0) is 84.0 Å². The fraction of sp³-hybridized carbons (Fsp3) is 0.154. The summed E-state index contributed by atoms with van der Waals surface area (Å²) >= 11 is 1.84. The predicted octanol–water partition coefficient (Wildman–Crippen LogP) is 7.18. The van der Waals surface area contributed by atoms with E-state index in [1.54, 1.807) is 6.07 Å². The van der Waals surface area contributed by atoms with Crippen LogP contribution in [0.3, 0.4) is 0 Å². The summed E-state index contributed by atoms with van der Waals surface area (Å²) < 4.78 is 50.4. The minimum absolute atomic E-state index is 0.00588. The minimum Gasteiger partial charge on any atom is -0.493 e. The molecule has 3 rings (SSSR count). The van der Waals surface area contributed by atoms with Crippen LogP contribution >= 0.6 is 22.6 Å². The van der Waals surface area contributed by atoms with Crippen LogP contribution in [0.25, 0.3) is 6.08 Å². The third-order valence-electron chi connectivity index (χ3n) is 5.25. The number of carbonyl (C=O) groups is 1. The zero-order valence-electron chi connectivity index (χ0n) is 20.1. The molecule has 0 saturated heterocycles. The molecule has 1 N–H and O–H groups in total. The number of benzene rings is 3. The van der Waals surface area contributed by atoms with Gasteiger partial charge in [-0.3, -0.25) is 14.9 Å². The molecule has 196 valence electrons. The van der Waals surface area contributed by atoms with Crippen molar-refractivity contribution in [1.29, 1.82) is 5.26 Å². The van der Waals surface area contributed by atoms with Crippen LogP contribution in [0.4, 0.5) is 24.5 Å². The molecule has 38 heavy (non-hydrogen) atoms. The lowest BCUT2D eigenvalue weighted by Crippen LogP contribution is -2.14. The second kappa shape index (κ2) is 11.5. The molecular formula is C26H19F3IN3O5. The second-order valence-corrected chi connectivity index (χ2v) is 9.18. The largest absolute Gasteiger partial charge is 0.493 e. The number of aryl methyl sites for hydroxylation is 2. The topological polar surface area (TPSA) is 114 Å². The number of nitrogens with zero attached hydrogens (tertiary/aromatic N) is 2. The van der Waals surface area contributed by atoms with Gasteiger partial charge in [0.05, 0.1) is 21.2 Å². The Morgan fingerprint density at radius 2 is 1.84 bits per heavy atom. The molecule has 3 aromatic rings. The normalized spacial score (nSPS) is 11.5. The molecule has 0 aliphatic rings. The summed E-state index contributed by atoms with van der Waals surface area (Å²) in [4.78, 5) is 23.2. The quantitative estimate of drug-likeness (QED) is 0.0966. The molecule has 0 radical (unpaired) electrons. The number of methoxy groups -OCH3 is 1. The van der Waals surface area contributed by atoms with Gasteiger partial charge in [0, 0.05) is 11.8 Å². The molecule has 0 atom stereocenters. The van der Waals surface area contributed by atoms with Crippen LogP contribution in [-0.4, -0.2) is 17.9 Å². The van der Waals surface area contributed by atoms with Crippen molar-refractivity contribution in [1.82, 2.24) is 0 Å². The number of nitrogens with one attached hydrogen (secondary N) is 1. The number of nitro groups is 1. The van der Waals surface area contributed by atoms with Crippen molar-refractivity contribution < 1.29 is 32.4 Å². The molecule has 0 aliphatic heterocycles. The van der Waals surface area contributed by atoms with Gasteiger partial charge in [-0.25, -0.2) is 0 Å². The number of carbonyl (C=O) groups excluding carboxylic acids is 1. The number of hydrogen-bond acceptors (Lipinski definition) is 6. The van der Waals surface area contributed by atoms with Crippen molar-refractivity contribution in [2.75, 3.05) is 12.4 Å². The van der Waals surface area contributed by atoms with Crippen molar-refractivity contribution in [3.05, 3.63) is 90.0 Å². The number of hydrogen-bond donors (Lipinski definition) is 1. The Morgan fingerprint density at radius 3 is 2.42 bits per heavy atom. The molecule has 1 amide bonds. The molecular weight excluding hydrogens is 618 g/mol. The highest BCUT2D eigenvalue weighted by molar-refractivity contribution is 14.1. The van der Waals surface area contributed by atoms with E-state index in [0.717, 1.165) is 17.2 Å². The van der Waals surface area contributed by atoms with Crippen LogP contribution < -0.4 is 14.8 Å². The van der Waals surface area contributed by atoms with Crippen LogP contribution in [0.5, 0.6) is 17.2 Å². The molecule has 0 fully saturated rings. The van der Waals surface area contributed by atoms with E-state index in [9.17, 15) is 33.3 Å². The van der Waals surface area contributed by atoms with E-state index < -0.39 is 34.0 Å². The summed E-state index contributed by atoms with van der Waals surface area (Å²) in [6.45, 7) is 3.74. The van der Waals surface area contributed by atoms with Crippen LogP contribution in [0.15, 0.2) is 54.1 Å². The Hall–Kier alpha value is -4.12. The minimum atomic E-state index is -4.77. The predicted molar refractivity (Wildman–Crippen MR) is 142 cm³/mol. The van der Waals surface area contributed by atoms with Crippen molar-refractivity contribution >= 4 is 45.9 Å². The number of rotatable bonds is 7. The van der Waals surface area contributed by atoms with Gasteiger partial charge in [0.2, 0.25) is 5.75 Å². The highest BCUT2D eigenvalue weighted by Crippen LogP contribution is 2.42. The molecule has 0 bridgehead atoms. The third-order valence-corrected chi connectivity index (χ3v) is 6.05. The van der Waals surface area contributed by atoms with Gasteiger partial charge in [-0.2, -0.15) is 18.4 Å². The number of amides is 1. The molecule has 12 heteroatoms. The Morgan fingerprint density at radius 1 is 1.13 bits per heavy atom. The highest BCUT2D eigenvalue weighted by Gasteiger charge is 2.33. The van der Waals surface area contributed by atoms with Gasteiger partial charge in [-0.15, -0.1) is 0 Å². The third kappa shape index (κ3) is 6.60. The van der Waals surface area contributed by atoms with Crippen molar-refractivity contribution in [3.63, 3.8) is 0 Å². The van der Waals surface area contributed by atoms with Crippen LogP contribution in [0, 0.1) is 38.9 Å². The van der Waals surface area contributed by atoms with E-state index in [0.29, 0.717) is 27.0 Å². The monoisotopic (exact) mass is 637 g/mol. The van der Waals surface area contributed by atoms with E-state index in [2.05, 4.69) is 5.32 Å². The zero-order chi connectivity index (χ0) is 28.2. The van der Waals surface area contributed by atoms with Crippen molar-refractivity contribution in [2.45, 2.75) is 20.0 Å². The Bertz CT molecular complexity index is 1500. The number of alkyl halides is 3. The molecule has 0 spiro atoms. The first-order valence-corrected chi connectivity index (χ1v) is 11.8. The van der Waals surface area contributed by atoms with Gasteiger partial charge in [0.15, 0.2) is 11.5 Å². The van der Waals surface area contributed by atoms with Gasteiger partial charge in [0.1, 0.15) is 11.6 Å². The Kier molecular flexibility index (Phi) is 8.62. The van der Waals surface area contributed by atoms with E-state index in [4.69, 9.17) is 9.47 Å². The number of nitriles is 1. The maximum absolute atomic E-state index is 13.0. The lowest BCUT2D eigenvalue weighted by molar-refractivity contribution is -0.385. The molecule has 0 saturated carbocycles. The fourth-order valence-electron chi connectivity index (χ4n) is 3.41. The molecule has 0 unspecified atom stereocenters. The Labute approximate surface area is 229 Å². The van der Waals surface area contributed by atoms with Crippen molar-refractivity contribution in [3.8, 4) is 23.3 Å². The standard InChI is InChI=1S/C26H19F3IN3O5/c1-14-4-6-20(15(2)8-14)32-25(34)17(13-31)9-16-10-19(30)24(23(11-16)37-3)38-22-7-5-18(26(27,28)29)12-21(22)33(35)36/h4-12H,1-3H3,(H,32,34)/b17-9+. The van der Waals surface area contributed by atoms with Gasteiger partial charge in [-0.1, -0.05) is 17.7 Å². The van der Waals surface area contributed by atoms with Gasteiger partial charge in [0.25, 0.3) is 5.91 Å². The number of nitro benzene ring substituents is 1. The lowest BCUT2D eigenvalue weighted by atomic mass is 10.1. The first-order valence-electron chi connectivity index (χ1n) is 10.8. The SMILES string of the molecule is COc1cc(/C=C(\C#N)C(=O)Nc2ccc(C)cc2C)cc(I)c1Oc1ccc(C(F)(F)F)cc1[N+](=O)[O-]. The summed E-state index contributed by atoms with van der Waals surface area (Å²) in [6.07, 6.45) is -3.44. The van der Waals surface area contributed by atoms with E-state index in [1.807, 2.05) is 54.6 Å². The Balaban J connectivity index is 1.95. The van der Waals surface area contributed by atoms with E-state index >= 15 is 0 Å². The smallest absolute Gasteiger partial charge is 0.416 e. The van der Waals surface area contributed by atoms with Crippen LogP contribution in [0.1, 0.15) is 22.3 Å². The zero-order valence-corrected chi connectivity index (χ0v) is 22.3. The molecule has 3 aromatic carbocycles. The lowest BCUT2D eigenvalue weighted by Gasteiger charge is -2.14. The summed E-state index contributed by atoms with van der Waals surface area (Å²) in [5.74, 6) is -0.974. The maximum atomic E-state index is 13.0. The molecule has 0 heterocycles. The maximum Gasteiger partial charge on any atom is 0.416 e. The van der Waals surface area contributed by atoms with Crippen LogP contribution in [0.2, 0.25) is 0 Å². The highest BCUT2D eigenvalue weighted by atomic mass is 127. The summed E-state index contributed by atoms with van der Waals surface area (Å²) in [7, 11) is 1.30. The molecule has 0 aliphatic carbocycles. The van der Waals surface area contributed by atoms with Crippen LogP contribution in [-0.2, 0) is 11.0 Å². The van der Waals surface area contributed by atoms with Gasteiger partial charge < -0.3 is 14.8 Å². The van der Waals surface area contributed by atoms with E-state index in [-0.39, 0.29) is 17.1 Å². The first-order chi connectivity index (χ1) is 17.8. The van der Waals surface area contributed by atoms with Gasteiger partial charge >= 0.3 is 11.9 Å². The number of anilines is 1. The summed E-state index contributed by atoms with van der Waals surface area (Å²) in [5.41, 5.74) is 0.504. The molecule has 0 aromatic heterocycles. The van der Waals surface area contributed by atoms with Crippen molar-refractivity contribution in [2.24, 2.45) is 0 Å². The average Bonchev–Trinajstić information content (AvgIpc) is 2.84. The summed E-state index contributed by atoms with van der Waals surface area (Å²) in [6, 6.07) is 12.2. The number of ether oxygens (including phenoxy) is 2. The second-order valence-electron chi connectivity index (χ2n) is 8.02. The molecule has 8 nitrogen and oxygen atoms in total. The van der Waals surface area contributed by atoms with E-state index in [1.165, 1.54) is 25.3 Å². The first kappa shape index (κ1) is 28.5. The fourth-order valence-corrected chi connectivity index (χ4v) is 4.15.